The average molecular weight is 382 g/mol. The third kappa shape index (κ3) is 4.97. The highest BCUT2D eigenvalue weighted by Gasteiger charge is 2.21. The van der Waals surface area contributed by atoms with Crippen molar-refractivity contribution < 1.29 is 23.1 Å². The second-order valence-corrected chi connectivity index (χ2v) is 6.02. The zero-order chi connectivity index (χ0) is 19.9. The maximum Gasteiger partial charge on any atom is 0.341 e. The van der Waals surface area contributed by atoms with Crippen LogP contribution in [0.25, 0.3) is 0 Å². The minimum absolute atomic E-state index is 0.301. The number of anilines is 2. The Labute approximate surface area is 161 Å². The quantitative estimate of drug-likeness (QED) is 0.598. The molecule has 0 saturated heterocycles. The summed E-state index contributed by atoms with van der Waals surface area (Å²) in [6.45, 7) is 1.87. The summed E-state index contributed by atoms with van der Waals surface area (Å²) in [6.07, 6.45) is 0.536. The van der Waals surface area contributed by atoms with Crippen LogP contribution < -0.4 is 10.6 Å². The molecule has 1 heterocycles. The van der Waals surface area contributed by atoms with E-state index < -0.39 is 23.8 Å². The molecule has 1 atom stereocenters. The zero-order valence-corrected chi connectivity index (χ0v) is 15.1. The fraction of sp³-hybridized carbons (Fsp3) is 0.143. The van der Waals surface area contributed by atoms with E-state index in [2.05, 4.69) is 10.6 Å². The third-order valence-electron chi connectivity index (χ3n) is 3.94. The van der Waals surface area contributed by atoms with Crippen LogP contribution in [0.2, 0.25) is 0 Å². The summed E-state index contributed by atoms with van der Waals surface area (Å²) in [5.41, 5.74) is 1.28. The Morgan fingerprint density at radius 2 is 1.82 bits per heavy atom. The van der Waals surface area contributed by atoms with Gasteiger partial charge in [0.1, 0.15) is 11.6 Å². The first kappa shape index (κ1) is 19.2. The van der Waals surface area contributed by atoms with Crippen LogP contribution in [0.1, 0.15) is 23.0 Å². The van der Waals surface area contributed by atoms with E-state index >= 15 is 0 Å². The monoisotopic (exact) mass is 382 g/mol. The number of esters is 1. The van der Waals surface area contributed by atoms with Crippen LogP contribution in [0, 0.1) is 5.82 Å². The van der Waals surface area contributed by atoms with Crippen molar-refractivity contribution in [2.45, 2.75) is 19.6 Å². The Hall–Kier alpha value is -3.61. The first-order valence-electron chi connectivity index (χ1n) is 8.65. The van der Waals surface area contributed by atoms with Crippen LogP contribution in [0.5, 0.6) is 0 Å². The molecule has 3 rings (SSSR count). The standard InChI is InChI=1S/C21H19FN2O4/c1-14(20(25)24-16-10-8-15(22)9-11-16)28-21(26)18-6-2-3-7-19(18)23-13-17-5-4-12-27-17/h2-12,14,23H,13H2,1H3,(H,24,25)/t14-/m1/s1. The molecule has 0 bridgehead atoms. The number of para-hydroxylation sites is 1. The third-order valence-corrected chi connectivity index (χ3v) is 3.94. The number of amides is 1. The summed E-state index contributed by atoms with van der Waals surface area (Å²) in [4.78, 5) is 24.7. The number of furan rings is 1. The molecule has 2 N–H and O–H groups in total. The van der Waals surface area contributed by atoms with Gasteiger partial charge in [0.05, 0.1) is 18.4 Å². The number of rotatable bonds is 7. The number of carbonyl (C=O) groups is 2. The van der Waals surface area contributed by atoms with E-state index in [-0.39, 0.29) is 0 Å². The fourth-order valence-corrected chi connectivity index (χ4v) is 2.47. The largest absolute Gasteiger partial charge is 0.467 e. The lowest BCUT2D eigenvalue weighted by molar-refractivity contribution is -0.123. The van der Waals surface area contributed by atoms with Gasteiger partial charge in [0.2, 0.25) is 0 Å². The van der Waals surface area contributed by atoms with E-state index in [1.54, 1.807) is 36.6 Å². The maximum atomic E-state index is 12.9. The number of hydrogen-bond acceptors (Lipinski definition) is 5. The van der Waals surface area contributed by atoms with E-state index in [9.17, 15) is 14.0 Å². The molecule has 0 aliphatic heterocycles. The van der Waals surface area contributed by atoms with Crippen LogP contribution in [0.3, 0.4) is 0 Å². The highest BCUT2D eigenvalue weighted by atomic mass is 19.1. The van der Waals surface area contributed by atoms with Crippen molar-refractivity contribution >= 4 is 23.3 Å². The first-order chi connectivity index (χ1) is 13.5. The Morgan fingerprint density at radius 3 is 2.54 bits per heavy atom. The van der Waals surface area contributed by atoms with Gasteiger partial charge in [-0.2, -0.15) is 0 Å². The van der Waals surface area contributed by atoms with Gasteiger partial charge >= 0.3 is 5.97 Å². The zero-order valence-electron chi connectivity index (χ0n) is 15.1. The van der Waals surface area contributed by atoms with Crippen molar-refractivity contribution in [3.63, 3.8) is 0 Å². The van der Waals surface area contributed by atoms with Gasteiger partial charge in [-0.1, -0.05) is 12.1 Å². The smallest absolute Gasteiger partial charge is 0.341 e. The van der Waals surface area contributed by atoms with Gasteiger partial charge in [0.25, 0.3) is 5.91 Å². The van der Waals surface area contributed by atoms with Gasteiger partial charge in [0, 0.05) is 11.4 Å². The van der Waals surface area contributed by atoms with Crippen LogP contribution >= 0.6 is 0 Å². The predicted octanol–water partition coefficient (Wildman–Crippen LogP) is 4.21. The van der Waals surface area contributed by atoms with Crippen LogP contribution in [0.4, 0.5) is 15.8 Å². The molecule has 0 spiro atoms. The number of nitrogens with one attached hydrogen (secondary N) is 2. The molecule has 2 aromatic carbocycles. The lowest BCUT2D eigenvalue weighted by Gasteiger charge is -2.15. The highest BCUT2D eigenvalue weighted by Crippen LogP contribution is 2.18. The highest BCUT2D eigenvalue weighted by molar-refractivity contribution is 5.99. The summed E-state index contributed by atoms with van der Waals surface area (Å²) in [7, 11) is 0. The Morgan fingerprint density at radius 1 is 1.07 bits per heavy atom. The van der Waals surface area contributed by atoms with Crippen molar-refractivity contribution in [3.05, 3.63) is 84.1 Å². The fourth-order valence-electron chi connectivity index (χ4n) is 2.47. The molecule has 0 aliphatic rings. The van der Waals surface area contributed by atoms with E-state index in [1.165, 1.54) is 31.2 Å². The summed E-state index contributed by atoms with van der Waals surface area (Å²) < 4.78 is 23.5. The van der Waals surface area contributed by atoms with Crippen LogP contribution in [0.15, 0.2) is 71.3 Å². The molecule has 7 heteroatoms. The van der Waals surface area contributed by atoms with E-state index in [0.717, 1.165) is 5.76 Å². The SMILES string of the molecule is C[C@@H](OC(=O)c1ccccc1NCc1ccco1)C(=O)Nc1ccc(F)cc1. The van der Waals surface area contributed by atoms with Crippen molar-refractivity contribution in [2.24, 2.45) is 0 Å². The second kappa shape index (κ2) is 8.85. The molecule has 0 fully saturated rings. The summed E-state index contributed by atoms with van der Waals surface area (Å²) in [6, 6.07) is 15.7. The first-order valence-corrected chi connectivity index (χ1v) is 8.65. The Kier molecular flexibility index (Phi) is 6.06. The minimum atomic E-state index is -1.03. The van der Waals surface area contributed by atoms with E-state index in [0.29, 0.717) is 23.5 Å². The number of hydrogen-bond donors (Lipinski definition) is 2. The summed E-state index contributed by atoms with van der Waals surface area (Å²) in [5, 5.41) is 5.69. The van der Waals surface area contributed by atoms with Gasteiger partial charge in [-0.15, -0.1) is 0 Å². The second-order valence-electron chi connectivity index (χ2n) is 6.02. The molecule has 1 aromatic heterocycles. The number of ether oxygens (including phenoxy) is 1. The molecule has 6 nitrogen and oxygen atoms in total. The van der Waals surface area contributed by atoms with Crippen molar-refractivity contribution in [2.75, 3.05) is 10.6 Å². The number of carbonyl (C=O) groups excluding carboxylic acids is 2. The van der Waals surface area contributed by atoms with Gasteiger partial charge in [-0.25, -0.2) is 9.18 Å². The summed E-state index contributed by atoms with van der Waals surface area (Å²) >= 11 is 0. The average Bonchev–Trinajstić information content (AvgIpc) is 3.22. The maximum absolute atomic E-state index is 12.9. The Bertz CT molecular complexity index is 939. The molecule has 28 heavy (non-hydrogen) atoms. The normalized spacial score (nSPS) is 11.5. The summed E-state index contributed by atoms with van der Waals surface area (Å²) in [5.74, 6) is -0.836. The lowest BCUT2D eigenvalue weighted by atomic mass is 10.1. The lowest BCUT2D eigenvalue weighted by Crippen LogP contribution is -2.30. The molecule has 0 aliphatic carbocycles. The van der Waals surface area contributed by atoms with Gasteiger partial charge in [-0.05, 0) is 55.5 Å². The van der Waals surface area contributed by atoms with E-state index in [4.69, 9.17) is 9.15 Å². The topological polar surface area (TPSA) is 80.6 Å². The predicted molar refractivity (Wildman–Crippen MR) is 102 cm³/mol. The Balaban J connectivity index is 1.61. The molecule has 3 aromatic rings. The minimum Gasteiger partial charge on any atom is -0.467 e. The van der Waals surface area contributed by atoms with Gasteiger partial charge < -0.3 is 19.8 Å². The van der Waals surface area contributed by atoms with Crippen molar-refractivity contribution in [1.29, 1.82) is 0 Å². The van der Waals surface area contributed by atoms with Gasteiger partial charge in [0.15, 0.2) is 6.10 Å². The van der Waals surface area contributed by atoms with Crippen LogP contribution in [-0.2, 0) is 16.1 Å². The molecule has 144 valence electrons. The molecular weight excluding hydrogens is 363 g/mol. The molecule has 0 saturated carbocycles. The van der Waals surface area contributed by atoms with Crippen molar-refractivity contribution in [3.8, 4) is 0 Å². The van der Waals surface area contributed by atoms with E-state index in [1.807, 2.05) is 6.07 Å². The number of halogens is 1. The molecular formula is C21H19FN2O4. The molecule has 0 radical (unpaired) electrons. The van der Waals surface area contributed by atoms with Crippen LogP contribution in [-0.4, -0.2) is 18.0 Å². The molecule has 0 unspecified atom stereocenters. The van der Waals surface area contributed by atoms with Gasteiger partial charge in [-0.3, -0.25) is 4.79 Å². The molecule has 1 amide bonds. The number of benzene rings is 2. The van der Waals surface area contributed by atoms with Crippen molar-refractivity contribution in [1.82, 2.24) is 0 Å².